The summed E-state index contributed by atoms with van der Waals surface area (Å²) in [6.07, 6.45) is 5.99. The van der Waals surface area contributed by atoms with Gasteiger partial charge in [0.2, 0.25) is 5.12 Å². The Morgan fingerprint density at radius 3 is 2.50 bits per heavy atom. The topological polar surface area (TPSA) is 29.1 Å². The van der Waals surface area contributed by atoms with Gasteiger partial charge in [-0.3, -0.25) is 4.79 Å². The molecule has 0 fully saturated rings. The predicted molar refractivity (Wildman–Crippen MR) is 64.8 cm³/mol. The predicted octanol–water partition coefficient (Wildman–Crippen LogP) is 2.83. The lowest BCUT2D eigenvalue weighted by molar-refractivity contribution is -0.110. The highest BCUT2D eigenvalue weighted by Crippen LogP contribution is 2.04. The molecule has 0 aromatic carbocycles. The van der Waals surface area contributed by atoms with E-state index >= 15 is 0 Å². The van der Waals surface area contributed by atoms with Crippen molar-refractivity contribution in [3.8, 4) is 0 Å². The van der Waals surface area contributed by atoms with E-state index in [-0.39, 0.29) is 5.12 Å². The summed E-state index contributed by atoms with van der Waals surface area (Å²) in [6, 6.07) is 0. The fourth-order valence-electron chi connectivity index (χ4n) is 1.07. The zero-order chi connectivity index (χ0) is 10.6. The lowest BCUT2D eigenvalue weighted by atomic mass is 10.2. The van der Waals surface area contributed by atoms with Crippen molar-refractivity contribution in [1.82, 2.24) is 5.32 Å². The van der Waals surface area contributed by atoms with Gasteiger partial charge in [-0.05, 0) is 19.4 Å². The van der Waals surface area contributed by atoms with Crippen LogP contribution >= 0.6 is 11.8 Å². The molecule has 0 amide bonds. The van der Waals surface area contributed by atoms with Crippen LogP contribution in [0.1, 0.15) is 46.0 Å². The van der Waals surface area contributed by atoms with Crippen LogP contribution in [-0.4, -0.2) is 24.0 Å². The minimum Gasteiger partial charge on any atom is -0.309 e. The molecule has 0 bridgehead atoms. The number of hydrogen-bond donors (Lipinski definition) is 1. The second-order valence-electron chi connectivity index (χ2n) is 3.46. The van der Waals surface area contributed by atoms with Crippen molar-refractivity contribution in [1.29, 1.82) is 0 Å². The van der Waals surface area contributed by atoms with Crippen molar-refractivity contribution in [2.75, 3.05) is 18.8 Å². The molecule has 3 heteroatoms. The standard InChI is InChI=1S/C11H23NOS/c1-3-5-7-8-12-10-11(13)14-9-6-4-2/h12H,3-10H2,1-2H3. The second-order valence-corrected chi connectivity index (χ2v) is 4.61. The number of carbonyl (C=O) groups is 1. The maximum atomic E-state index is 11.3. The van der Waals surface area contributed by atoms with Crippen molar-refractivity contribution in [2.24, 2.45) is 0 Å². The smallest absolute Gasteiger partial charge is 0.202 e. The first-order valence-corrected chi connectivity index (χ1v) is 6.66. The van der Waals surface area contributed by atoms with Gasteiger partial charge in [-0.1, -0.05) is 44.9 Å². The molecule has 0 unspecified atom stereocenters. The fraction of sp³-hybridized carbons (Fsp3) is 0.909. The van der Waals surface area contributed by atoms with Crippen LogP contribution in [0.25, 0.3) is 0 Å². The fourth-order valence-corrected chi connectivity index (χ4v) is 1.94. The Morgan fingerprint density at radius 1 is 1.14 bits per heavy atom. The summed E-state index contributed by atoms with van der Waals surface area (Å²) in [6.45, 7) is 5.85. The number of unbranched alkanes of at least 4 members (excludes halogenated alkanes) is 3. The number of hydrogen-bond acceptors (Lipinski definition) is 3. The third kappa shape index (κ3) is 10.1. The maximum Gasteiger partial charge on any atom is 0.202 e. The summed E-state index contributed by atoms with van der Waals surface area (Å²) < 4.78 is 0. The molecule has 0 radical (unpaired) electrons. The molecular weight excluding hydrogens is 194 g/mol. The summed E-state index contributed by atoms with van der Waals surface area (Å²) in [5, 5.41) is 3.46. The van der Waals surface area contributed by atoms with E-state index in [2.05, 4.69) is 19.2 Å². The molecule has 1 N–H and O–H groups in total. The normalized spacial score (nSPS) is 10.4. The zero-order valence-corrected chi connectivity index (χ0v) is 10.3. The van der Waals surface area contributed by atoms with Gasteiger partial charge in [0.15, 0.2) is 0 Å². The summed E-state index contributed by atoms with van der Waals surface area (Å²) in [5.41, 5.74) is 0. The van der Waals surface area contributed by atoms with E-state index in [9.17, 15) is 4.79 Å². The van der Waals surface area contributed by atoms with E-state index < -0.39 is 0 Å². The number of thioether (sulfide) groups is 1. The first-order chi connectivity index (χ1) is 6.81. The first-order valence-electron chi connectivity index (χ1n) is 5.67. The second kappa shape index (κ2) is 11.1. The van der Waals surface area contributed by atoms with Gasteiger partial charge in [-0.15, -0.1) is 0 Å². The summed E-state index contributed by atoms with van der Waals surface area (Å²) in [7, 11) is 0. The largest absolute Gasteiger partial charge is 0.309 e. The minimum absolute atomic E-state index is 0.287. The van der Waals surface area contributed by atoms with Crippen LogP contribution in [0.2, 0.25) is 0 Å². The lowest BCUT2D eigenvalue weighted by Gasteiger charge is -2.02. The Morgan fingerprint density at radius 2 is 1.86 bits per heavy atom. The van der Waals surface area contributed by atoms with E-state index in [1.165, 1.54) is 37.4 Å². The van der Waals surface area contributed by atoms with Crippen LogP contribution < -0.4 is 5.32 Å². The molecule has 84 valence electrons. The molecule has 0 aromatic heterocycles. The van der Waals surface area contributed by atoms with Crippen LogP contribution in [0.4, 0.5) is 0 Å². The van der Waals surface area contributed by atoms with Gasteiger partial charge in [0, 0.05) is 5.75 Å². The van der Waals surface area contributed by atoms with Gasteiger partial charge in [0.25, 0.3) is 0 Å². The molecular formula is C11H23NOS. The van der Waals surface area contributed by atoms with E-state index in [1.807, 2.05) is 0 Å². The monoisotopic (exact) mass is 217 g/mol. The Bertz CT molecular complexity index is 139. The van der Waals surface area contributed by atoms with Gasteiger partial charge in [0.1, 0.15) is 0 Å². The summed E-state index contributed by atoms with van der Waals surface area (Å²) in [5.74, 6) is 0.978. The van der Waals surface area contributed by atoms with E-state index in [1.54, 1.807) is 0 Å². The third-order valence-electron chi connectivity index (χ3n) is 1.99. The molecule has 0 heterocycles. The van der Waals surface area contributed by atoms with Gasteiger partial charge in [-0.25, -0.2) is 0 Å². The molecule has 0 saturated carbocycles. The molecule has 0 rings (SSSR count). The molecule has 0 atom stereocenters. The highest BCUT2D eigenvalue weighted by Gasteiger charge is 2.00. The van der Waals surface area contributed by atoms with Gasteiger partial charge < -0.3 is 5.32 Å². The van der Waals surface area contributed by atoms with Crippen LogP contribution in [-0.2, 0) is 4.79 Å². The molecule has 14 heavy (non-hydrogen) atoms. The van der Waals surface area contributed by atoms with Crippen LogP contribution in [0.5, 0.6) is 0 Å². The average molecular weight is 217 g/mol. The molecule has 0 saturated heterocycles. The summed E-state index contributed by atoms with van der Waals surface area (Å²) >= 11 is 1.46. The van der Waals surface area contributed by atoms with Crippen molar-refractivity contribution in [3.05, 3.63) is 0 Å². The van der Waals surface area contributed by atoms with Gasteiger partial charge in [-0.2, -0.15) is 0 Å². The van der Waals surface area contributed by atoms with Crippen molar-refractivity contribution >= 4 is 16.9 Å². The van der Waals surface area contributed by atoms with E-state index in [0.717, 1.165) is 18.7 Å². The Labute approximate surface area is 92.2 Å². The van der Waals surface area contributed by atoms with Crippen LogP contribution in [0.15, 0.2) is 0 Å². The molecule has 0 aliphatic heterocycles. The highest BCUT2D eigenvalue weighted by molar-refractivity contribution is 8.13. The van der Waals surface area contributed by atoms with Crippen LogP contribution in [0, 0.1) is 0 Å². The van der Waals surface area contributed by atoms with Crippen molar-refractivity contribution < 1.29 is 4.79 Å². The van der Waals surface area contributed by atoms with E-state index in [0.29, 0.717) is 6.54 Å². The molecule has 0 spiro atoms. The first kappa shape index (κ1) is 14.0. The number of carbonyl (C=O) groups excluding carboxylic acids is 1. The Hall–Kier alpha value is -0.0200. The van der Waals surface area contributed by atoms with Gasteiger partial charge >= 0.3 is 0 Å². The van der Waals surface area contributed by atoms with Crippen molar-refractivity contribution in [2.45, 2.75) is 46.0 Å². The lowest BCUT2D eigenvalue weighted by Crippen LogP contribution is -2.22. The highest BCUT2D eigenvalue weighted by atomic mass is 32.2. The molecule has 0 aliphatic carbocycles. The zero-order valence-electron chi connectivity index (χ0n) is 9.47. The summed E-state index contributed by atoms with van der Waals surface area (Å²) in [4.78, 5) is 11.3. The third-order valence-corrected chi connectivity index (χ3v) is 2.95. The SMILES string of the molecule is CCCCCNCC(=O)SCCCC. The average Bonchev–Trinajstić information content (AvgIpc) is 2.18. The quantitative estimate of drug-likeness (QED) is 0.602. The van der Waals surface area contributed by atoms with Gasteiger partial charge in [0.05, 0.1) is 6.54 Å². The Kier molecular flexibility index (Phi) is 11.0. The molecule has 2 nitrogen and oxygen atoms in total. The Balaban J connectivity index is 3.10. The maximum absolute atomic E-state index is 11.3. The molecule has 0 aliphatic rings. The van der Waals surface area contributed by atoms with Crippen LogP contribution in [0.3, 0.4) is 0 Å². The number of rotatable bonds is 9. The van der Waals surface area contributed by atoms with Crippen molar-refractivity contribution in [3.63, 3.8) is 0 Å². The minimum atomic E-state index is 0.287. The number of nitrogens with one attached hydrogen (secondary N) is 1. The van der Waals surface area contributed by atoms with E-state index in [4.69, 9.17) is 0 Å². The molecule has 0 aromatic rings.